The monoisotopic (exact) mass is 376 g/mol. The largest absolute Gasteiger partial charge is 1.00 e. The van der Waals surface area contributed by atoms with Crippen LogP contribution in [0.4, 0.5) is 5.69 Å². The SMILES string of the molecule is CC[N+]1(CC)CCN(c2ccc(OC)cc2)CC1.[I-]. The summed E-state index contributed by atoms with van der Waals surface area (Å²) in [5.74, 6) is 0.933. The lowest BCUT2D eigenvalue weighted by atomic mass is 10.2. The molecule has 0 atom stereocenters. The molecule has 1 saturated heterocycles. The molecule has 4 heteroatoms. The number of methoxy groups -OCH3 is 1. The molecule has 1 heterocycles. The number of halogens is 1. The normalized spacial score (nSPS) is 17.7. The number of hydrogen-bond donors (Lipinski definition) is 0. The highest BCUT2D eigenvalue weighted by molar-refractivity contribution is 5.49. The standard InChI is InChI=1S/C15H25N2O.HI/c1-4-17(5-2)12-10-16(11-13-17)14-6-8-15(18-3)9-7-14;/h6-9H,4-5,10-13H2,1-3H3;1H/q+1;/p-1. The zero-order chi connectivity index (χ0) is 13.0. The van der Waals surface area contributed by atoms with Gasteiger partial charge in [-0.05, 0) is 38.1 Å². The van der Waals surface area contributed by atoms with Crippen molar-refractivity contribution < 1.29 is 33.2 Å². The maximum atomic E-state index is 5.20. The van der Waals surface area contributed by atoms with Gasteiger partial charge in [-0.15, -0.1) is 0 Å². The van der Waals surface area contributed by atoms with Crippen LogP contribution in [0.2, 0.25) is 0 Å². The molecule has 0 amide bonds. The topological polar surface area (TPSA) is 12.5 Å². The van der Waals surface area contributed by atoms with E-state index >= 15 is 0 Å². The summed E-state index contributed by atoms with van der Waals surface area (Å²) in [4.78, 5) is 2.49. The van der Waals surface area contributed by atoms with E-state index in [0.717, 1.165) is 18.8 Å². The third kappa shape index (κ3) is 3.75. The van der Waals surface area contributed by atoms with Crippen molar-refractivity contribution in [2.75, 3.05) is 51.3 Å². The molecule has 0 aliphatic carbocycles. The number of quaternary nitrogens is 1. The summed E-state index contributed by atoms with van der Waals surface area (Å²) in [6.07, 6.45) is 0. The number of hydrogen-bond acceptors (Lipinski definition) is 2. The lowest BCUT2D eigenvalue weighted by Crippen LogP contribution is -3.00. The molecule has 0 saturated carbocycles. The van der Waals surface area contributed by atoms with Gasteiger partial charge in [0.15, 0.2) is 0 Å². The Bertz CT molecular complexity index is 366. The first kappa shape index (κ1) is 16.6. The van der Waals surface area contributed by atoms with Crippen LogP contribution in [0, 0.1) is 0 Å². The van der Waals surface area contributed by atoms with Gasteiger partial charge in [-0.3, -0.25) is 0 Å². The quantitative estimate of drug-likeness (QED) is 0.513. The highest BCUT2D eigenvalue weighted by atomic mass is 127. The third-order valence-electron chi connectivity index (χ3n) is 4.47. The van der Waals surface area contributed by atoms with Crippen molar-refractivity contribution in [1.82, 2.24) is 0 Å². The molecule has 1 aliphatic rings. The van der Waals surface area contributed by atoms with Gasteiger partial charge in [0.2, 0.25) is 0 Å². The molecule has 0 aromatic heterocycles. The van der Waals surface area contributed by atoms with E-state index in [2.05, 4.69) is 30.9 Å². The number of rotatable bonds is 4. The van der Waals surface area contributed by atoms with Crippen molar-refractivity contribution in [3.63, 3.8) is 0 Å². The van der Waals surface area contributed by atoms with Gasteiger partial charge in [-0.25, -0.2) is 0 Å². The van der Waals surface area contributed by atoms with E-state index in [4.69, 9.17) is 4.74 Å². The van der Waals surface area contributed by atoms with Crippen LogP contribution in [0.1, 0.15) is 13.8 Å². The number of likely N-dealkylation sites (N-methyl/N-ethyl adjacent to an activating group) is 1. The fourth-order valence-corrected chi connectivity index (χ4v) is 2.80. The molecule has 1 aromatic rings. The molecule has 3 nitrogen and oxygen atoms in total. The van der Waals surface area contributed by atoms with Crippen LogP contribution in [-0.4, -0.2) is 50.9 Å². The van der Waals surface area contributed by atoms with Gasteiger partial charge in [0.25, 0.3) is 0 Å². The lowest BCUT2D eigenvalue weighted by molar-refractivity contribution is -0.925. The van der Waals surface area contributed by atoms with E-state index in [-0.39, 0.29) is 24.0 Å². The third-order valence-corrected chi connectivity index (χ3v) is 4.47. The lowest BCUT2D eigenvalue weighted by Gasteiger charge is -2.44. The molecule has 0 bridgehead atoms. The summed E-state index contributed by atoms with van der Waals surface area (Å²) < 4.78 is 6.47. The predicted molar refractivity (Wildman–Crippen MR) is 76.3 cm³/mol. The zero-order valence-electron chi connectivity index (χ0n) is 12.2. The van der Waals surface area contributed by atoms with Crippen molar-refractivity contribution in [1.29, 1.82) is 0 Å². The molecule has 1 aromatic carbocycles. The maximum Gasteiger partial charge on any atom is 0.119 e. The maximum absolute atomic E-state index is 5.20. The fourth-order valence-electron chi connectivity index (χ4n) is 2.80. The van der Waals surface area contributed by atoms with Crippen LogP contribution in [-0.2, 0) is 0 Å². The van der Waals surface area contributed by atoms with Crippen molar-refractivity contribution in [3.05, 3.63) is 24.3 Å². The molecular weight excluding hydrogens is 351 g/mol. The van der Waals surface area contributed by atoms with E-state index < -0.39 is 0 Å². The summed E-state index contributed by atoms with van der Waals surface area (Å²) in [5.41, 5.74) is 1.32. The van der Waals surface area contributed by atoms with E-state index in [9.17, 15) is 0 Å². The number of piperazine rings is 1. The second kappa shape index (κ2) is 7.33. The fraction of sp³-hybridized carbons (Fsp3) is 0.600. The van der Waals surface area contributed by atoms with Crippen LogP contribution < -0.4 is 33.6 Å². The van der Waals surface area contributed by atoms with Gasteiger partial charge >= 0.3 is 0 Å². The van der Waals surface area contributed by atoms with Crippen LogP contribution in [0.25, 0.3) is 0 Å². The first-order valence-corrected chi connectivity index (χ1v) is 6.97. The first-order chi connectivity index (χ1) is 8.73. The Kier molecular flexibility index (Phi) is 6.39. The van der Waals surface area contributed by atoms with E-state index in [1.807, 2.05) is 12.1 Å². The Hall–Kier alpha value is -0.490. The molecule has 0 N–H and O–H groups in total. The van der Waals surface area contributed by atoms with Gasteiger partial charge in [0, 0.05) is 5.69 Å². The molecule has 1 fully saturated rings. The molecule has 19 heavy (non-hydrogen) atoms. The summed E-state index contributed by atoms with van der Waals surface area (Å²) in [5, 5.41) is 0. The minimum atomic E-state index is 0. The Morgan fingerprint density at radius 3 is 2.00 bits per heavy atom. The van der Waals surface area contributed by atoms with Gasteiger partial charge in [-0.1, -0.05) is 0 Å². The van der Waals surface area contributed by atoms with Crippen molar-refractivity contribution in [3.8, 4) is 5.75 Å². The Balaban J connectivity index is 0.00000180. The average Bonchev–Trinajstić information content (AvgIpc) is 2.47. The zero-order valence-corrected chi connectivity index (χ0v) is 14.4. The molecular formula is C15H25IN2O. The van der Waals surface area contributed by atoms with E-state index in [1.165, 1.54) is 36.3 Å². The highest BCUT2D eigenvalue weighted by Gasteiger charge is 2.29. The molecule has 108 valence electrons. The molecule has 0 radical (unpaired) electrons. The number of anilines is 1. The first-order valence-electron chi connectivity index (χ1n) is 6.97. The summed E-state index contributed by atoms with van der Waals surface area (Å²) in [6.45, 7) is 12.0. The number of nitrogens with zero attached hydrogens (tertiary/aromatic N) is 2. The van der Waals surface area contributed by atoms with Gasteiger partial charge in [0.05, 0.1) is 46.4 Å². The van der Waals surface area contributed by atoms with Gasteiger partial charge in [0.1, 0.15) is 5.75 Å². The van der Waals surface area contributed by atoms with Crippen molar-refractivity contribution in [2.45, 2.75) is 13.8 Å². The van der Waals surface area contributed by atoms with Crippen LogP contribution >= 0.6 is 0 Å². The number of benzene rings is 1. The summed E-state index contributed by atoms with van der Waals surface area (Å²) in [7, 11) is 1.71. The minimum absolute atomic E-state index is 0. The summed E-state index contributed by atoms with van der Waals surface area (Å²) >= 11 is 0. The Labute approximate surface area is 134 Å². The van der Waals surface area contributed by atoms with Crippen molar-refractivity contribution >= 4 is 5.69 Å². The molecule has 0 unspecified atom stereocenters. The predicted octanol–water partition coefficient (Wildman–Crippen LogP) is -0.624. The Morgan fingerprint density at radius 1 is 1.05 bits per heavy atom. The highest BCUT2D eigenvalue weighted by Crippen LogP contribution is 2.22. The summed E-state index contributed by atoms with van der Waals surface area (Å²) in [6, 6.07) is 8.42. The van der Waals surface area contributed by atoms with E-state index in [1.54, 1.807) is 7.11 Å². The van der Waals surface area contributed by atoms with E-state index in [0.29, 0.717) is 0 Å². The average molecular weight is 376 g/mol. The molecule has 2 rings (SSSR count). The van der Waals surface area contributed by atoms with Crippen LogP contribution in [0.3, 0.4) is 0 Å². The smallest absolute Gasteiger partial charge is 0.119 e. The minimum Gasteiger partial charge on any atom is -1.00 e. The molecule has 1 aliphatic heterocycles. The number of ether oxygens (including phenoxy) is 1. The van der Waals surface area contributed by atoms with Crippen molar-refractivity contribution in [2.24, 2.45) is 0 Å². The van der Waals surface area contributed by atoms with Crippen LogP contribution in [0.5, 0.6) is 5.75 Å². The van der Waals surface area contributed by atoms with Crippen LogP contribution in [0.15, 0.2) is 24.3 Å². The Morgan fingerprint density at radius 2 is 1.58 bits per heavy atom. The van der Waals surface area contributed by atoms with Gasteiger partial charge in [-0.2, -0.15) is 0 Å². The second-order valence-corrected chi connectivity index (χ2v) is 5.11. The molecule has 0 spiro atoms. The second-order valence-electron chi connectivity index (χ2n) is 5.11. The van der Waals surface area contributed by atoms with Gasteiger partial charge < -0.3 is 38.1 Å².